The van der Waals surface area contributed by atoms with Gasteiger partial charge in [0.1, 0.15) is 5.54 Å². The summed E-state index contributed by atoms with van der Waals surface area (Å²) in [7, 11) is 3.10. The third kappa shape index (κ3) is 4.49. The molecule has 0 radical (unpaired) electrons. The minimum atomic E-state index is -0.531. The third-order valence-corrected chi connectivity index (χ3v) is 2.70. The monoisotopic (exact) mass is 231 g/mol. The number of methoxy groups -OCH3 is 2. The highest BCUT2D eigenvalue weighted by Crippen LogP contribution is 2.21. The summed E-state index contributed by atoms with van der Waals surface area (Å²) in [5.41, 5.74) is -0.531. The summed E-state index contributed by atoms with van der Waals surface area (Å²) in [5.74, 6) is -0.160. The van der Waals surface area contributed by atoms with Crippen LogP contribution in [0.2, 0.25) is 0 Å². The van der Waals surface area contributed by atoms with Gasteiger partial charge < -0.3 is 9.47 Å². The van der Waals surface area contributed by atoms with Crippen LogP contribution in [0.15, 0.2) is 0 Å². The first-order chi connectivity index (χ1) is 7.66. The molecule has 1 N–H and O–H groups in total. The van der Waals surface area contributed by atoms with Gasteiger partial charge in [-0.3, -0.25) is 10.1 Å². The van der Waals surface area contributed by atoms with Crippen LogP contribution in [0.1, 0.15) is 39.5 Å². The molecule has 0 aliphatic rings. The Morgan fingerprint density at radius 2 is 1.75 bits per heavy atom. The van der Waals surface area contributed by atoms with Crippen LogP contribution in [0.3, 0.4) is 0 Å². The molecule has 0 heterocycles. The molecule has 0 saturated heterocycles. The minimum Gasteiger partial charge on any atom is -0.468 e. The largest absolute Gasteiger partial charge is 0.468 e. The summed E-state index contributed by atoms with van der Waals surface area (Å²) >= 11 is 0. The van der Waals surface area contributed by atoms with Crippen molar-refractivity contribution < 1.29 is 14.3 Å². The van der Waals surface area contributed by atoms with Crippen molar-refractivity contribution in [1.82, 2.24) is 5.32 Å². The standard InChI is InChI=1S/C12H25NO3/c1-5-7-12(8-6-2,11(14)16-4)13-9-10-15-3/h13H,5-10H2,1-4H3. The fourth-order valence-electron chi connectivity index (χ4n) is 2.02. The van der Waals surface area contributed by atoms with Crippen LogP contribution in [0.25, 0.3) is 0 Å². The van der Waals surface area contributed by atoms with E-state index in [1.165, 1.54) is 7.11 Å². The van der Waals surface area contributed by atoms with E-state index in [9.17, 15) is 4.79 Å². The SMILES string of the molecule is CCCC(CCC)(NCCOC)C(=O)OC. The van der Waals surface area contributed by atoms with E-state index < -0.39 is 5.54 Å². The van der Waals surface area contributed by atoms with Gasteiger partial charge in [-0.1, -0.05) is 26.7 Å². The Kier molecular flexibility index (Phi) is 8.21. The molecule has 0 unspecified atom stereocenters. The first-order valence-electron chi connectivity index (χ1n) is 5.99. The van der Waals surface area contributed by atoms with Crippen molar-refractivity contribution in [2.24, 2.45) is 0 Å². The number of carbonyl (C=O) groups is 1. The lowest BCUT2D eigenvalue weighted by atomic mass is 9.88. The average Bonchev–Trinajstić information content (AvgIpc) is 2.28. The molecule has 0 rings (SSSR count). The molecular weight excluding hydrogens is 206 g/mol. The molecule has 96 valence electrons. The molecule has 0 spiro atoms. The van der Waals surface area contributed by atoms with E-state index in [0.717, 1.165) is 25.7 Å². The highest BCUT2D eigenvalue weighted by molar-refractivity contribution is 5.80. The van der Waals surface area contributed by atoms with Crippen LogP contribution in [-0.4, -0.2) is 38.9 Å². The molecule has 0 aliphatic heterocycles. The van der Waals surface area contributed by atoms with Gasteiger partial charge in [0.25, 0.3) is 0 Å². The van der Waals surface area contributed by atoms with Crippen LogP contribution in [-0.2, 0) is 14.3 Å². The number of nitrogens with one attached hydrogen (secondary N) is 1. The van der Waals surface area contributed by atoms with Gasteiger partial charge in [-0.05, 0) is 12.8 Å². The van der Waals surface area contributed by atoms with Crippen LogP contribution in [0.4, 0.5) is 0 Å². The minimum absolute atomic E-state index is 0.160. The van der Waals surface area contributed by atoms with Crippen molar-refractivity contribution in [2.75, 3.05) is 27.4 Å². The molecule has 16 heavy (non-hydrogen) atoms. The second-order valence-electron chi connectivity index (χ2n) is 3.99. The molecule has 4 nitrogen and oxygen atoms in total. The van der Waals surface area contributed by atoms with Crippen molar-refractivity contribution in [3.8, 4) is 0 Å². The van der Waals surface area contributed by atoms with Gasteiger partial charge in [0.05, 0.1) is 13.7 Å². The van der Waals surface area contributed by atoms with E-state index in [-0.39, 0.29) is 5.97 Å². The Labute approximate surface area is 98.7 Å². The maximum Gasteiger partial charge on any atom is 0.326 e. The van der Waals surface area contributed by atoms with Crippen LogP contribution >= 0.6 is 0 Å². The van der Waals surface area contributed by atoms with E-state index in [0.29, 0.717) is 13.2 Å². The lowest BCUT2D eigenvalue weighted by Gasteiger charge is -2.31. The molecule has 0 aromatic carbocycles. The number of hydrogen-bond acceptors (Lipinski definition) is 4. The summed E-state index contributed by atoms with van der Waals surface area (Å²) in [5, 5.41) is 3.29. The van der Waals surface area contributed by atoms with E-state index in [4.69, 9.17) is 9.47 Å². The molecule has 0 fully saturated rings. The lowest BCUT2D eigenvalue weighted by Crippen LogP contribution is -2.53. The number of hydrogen-bond donors (Lipinski definition) is 1. The van der Waals surface area contributed by atoms with Gasteiger partial charge in [0, 0.05) is 13.7 Å². The first kappa shape index (κ1) is 15.4. The second kappa shape index (κ2) is 8.53. The molecule has 0 bridgehead atoms. The van der Waals surface area contributed by atoms with Crippen molar-refractivity contribution >= 4 is 5.97 Å². The lowest BCUT2D eigenvalue weighted by molar-refractivity contribution is -0.149. The van der Waals surface area contributed by atoms with Crippen molar-refractivity contribution in [2.45, 2.75) is 45.1 Å². The smallest absolute Gasteiger partial charge is 0.326 e. The van der Waals surface area contributed by atoms with Crippen molar-refractivity contribution in [1.29, 1.82) is 0 Å². The summed E-state index contributed by atoms with van der Waals surface area (Å²) in [4.78, 5) is 11.9. The number of esters is 1. The number of ether oxygens (including phenoxy) is 2. The zero-order chi connectivity index (χ0) is 12.4. The van der Waals surface area contributed by atoms with Crippen LogP contribution in [0.5, 0.6) is 0 Å². The fraction of sp³-hybridized carbons (Fsp3) is 0.917. The number of carbonyl (C=O) groups excluding carboxylic acids is 1. The average molecular weight is 231 g/mol. The predicted octanol–water partition coefficient (Wildman–Crippen LogP) is 1.73. The summed E-state index contributed by atoms with van der Waals surface area (Å²) < 4.78 is 9.90. The number of rotatable bonds is 9. The topological polar surface area (TPSA) is 47.6 Å². The molecule has 0 atom stereocenters. The van der Waals surface area contributed by atoms with E-state index in [1.807, 2.05) is 0 Å². The summed E-state index contributed by atoms with van der Waals surface area (Å²) in [6, 6.07) is 0. The highest BCUT2D eigenvalue weighted by Gasteiger charge is 2.36. The molecule has 0 aliphatic carbocycles. The second-order valence-corrected chi connectivity index (χ2v) is 3.99. The van der Waals surface area contributed by atoms with Crippen LogP contribution in [0, 0.1) is 0 Å². The quantitative estimate of drug-likeness (QED) is 0.485. The van der Waals surface area contributed by atoms with Gasteiger partial charge in [-0.15, -0.1) is 0 Å². The molecule has 0 amide bonds. The predicted molar refractivity (Wildman–Crippen MR) is 64.4 cm³/mol. The zero-order valence-electron chi connectivity index (χ0n) is 11.0. The van der Waals surface area contributed by atoms with Gasteiger partial charge in [-0.25, -0.2) is 0 Å². The Hall–Kier alpha value is -0.610. The van der Waals surface area contributed by atoms with Crippen LogP contribution < -0.4 is 5.32 Å². The van der Waals surface area contributed by atoms with E-state index in [2.05, 4.69) is 19.2 Å². The first-order valence-corrected chi connectivity index (χ1v) is 5.99. The molecule has 0 aromatic heterocycles. The summed E-state index contributed by atoms with van der Waals surface area (Å²) in [6.07, 6.45) is 3.51. The molecule has 0 saturated carbocycles. The summed E-state index contributed by atoms with van der Waals surface area (Å²) in [6.45, 7) is 5.43. The normalized spacial score (nSPS) is 11.5. The Morgan fingerprint density at radius 1 is 1.19 bits per heavy atom. The highest BCUT2D eigenvalue weighted by atomic mass is 16.5. The third-order valence-electron chi connectivity index (χ3n) is 2.70. The van der Waals surface area contributed by atoms with Gasteiger partial charge in [0.2, 0.25) is 0 Å². The van der Waals surface area contributed by atoms with Crippen molar-refractivity contribution in [3.05, 3.63) is 0 Å². The fourth-order valence-corrected chi connectivity index (χ4v) is 2.02. The molecular formula is C12H25NO3. The van der Waals surface area contributed by atoms with Gasteiger partial charge in [-0.2, -0.15) is 0 Å². The maximum atomic E-state index is 11.9. The van der Waals surface area contributed by atoms with Gasteiger partial charge >= 0.3 is 5.97 Å². The Balaban J connectivity index is 4.56. The Morgan fingerprint density at radius 3 is 2.12 bits per heavy atom. The zero-order valence-corrected chi connectivity index (χ0v) is 11.0. The molecule has 0 aromatic rings. The van der Waals surface area contributed by atoms with Gasteiger partial charge in [0.15, 0.2) is 0 Å². The van der Waals surface area contributed by atoms with E-state index >= 15 is 0 Å². The Bertz CT molecular complexity index is 189. The van der Waals surface area contributed by atoms with Crippen molar-refractivity contribution in [3.63, 3.8) is 0 Å². The molecule has 4 heteroatoms. The maximum absolute atomic E-state index is 11.9. The van der Waals surface area contributed by atoms with E-state index in [1.54, 1.807) is 7.11 Å².